The van der Waals surface area contributed by atoms with Gasteiger partial charge in [-0.3, -0.25) is 0 Å². The van der Waals surface area contributed by atoms with Crippen molar-refractivity contribution in [3.8, 4) is 11.1 Å². The summed E-state index contributed by atoms with van der Waals surface area (Å²) in [6.07, 6.45) is 2.97. The largest absolute Gasteiger partial charge is 0.507 e. The van der Waals surface area contributed by atoms with Crippen LogP contribution in [0.4, 0.5) is 0 Å². The first kappa shape index (κ1) is 20.0. The van der Waals surface area contributed by atoms with Gasteiger partial charge in [-0.2, -0.15) is 0 Å². The summed E-state index contributed by atoms with van der Waals surface area (Å²) in [6, 6.07) is 13.5. The molecule has 1 fully saturated rings. The van der Waals surface area contributed by atoms with Gasteiger partial charge in [0.1, 0.15) is 5.57 Å². The molecule has 1 heterocycles. The van der Waals surface area contributed by atoms with E-state index in [1.807, 2.05) is 49.4 Å². The molecule has 0 bridgehead atoms. The Hall–Kier alpha value is -2.30. The van der Waals surface area contributed by atoms with Gasteiger partial charge >= 0.3 is 5.97 Å². The number of halogens is 1. The molecule has 0 aromatic heterocycles. The van der Waals surface area contributed by atoms with E-state index in [-0.39, 0.29) is 5.76 Å². The average molecular weight is 413 g/mol. The molecule has 2 aliphatic rings. The monoisotopic (exact) mass is 412 g/mol. The lowest BCUT2D eigenvalue weighted by atomic mass is 9.77. The molecule has 0 radical (unpaired) electrons. The zero-order valence-electron chi connectivity index (χ0n) is 16.7. The number of aliphatic hydroxyl groups excluding tert-OH is 1. The van der Waals surface area contributed by atoms with Crippen LogP contribution in [0.1, 0.15) is 36.8 Å². The van der Waals surface area contributed by atoms with Gasteiger partial charge in [-0.15, -0.1) is 0 Å². The van der Waals surface area contributed by atoms with Crippen LogP contribution in [0.5, 0.6) is 0 Å². The Bertz CT molecular complexity index is 953. The maximum absolute atomic E-state index is 12.8. The SMILES string of the molecule is COCC1CCC2(CC1)OC(=O)C(c1cc(-c3ccc(Cl)cc3)ccc1C)=C2O. The van der Waals surface area contributed by atoms with Crippen LogP contribution in [0.25, 0.3) is 16.7 Å². The van der Waals surface area contributed by atoms with Crippen molar-refractivity contribution in [2.24, 2.45) is 5.92 Å². The maximum atomic E-state index is 12.8. The second kappa shape index (κ2) is 7.85. The Morgan fingerprint density at radius 2 is 1.79 bits per heavy atom. The lowest BCUT2D eigenvalue weighted by Crippen LogP contribution is -2.37. The van der Waals surface area contributed by atoms with Crippen LogP contribution in [-0.2, 0) is 14.3 Å². The van der Waals surface area contributed by atoms with Crippen molar-refractivity contribution in [2.75, 3.05) is 13.7 Å². The molecule has 1 N–H and O–H groups in total. The van der Waals surface area contributed by atoms with Crippen molar-refractivity contribution in [1.29, 1.82) is 0 Å². The maximum Gasteiger partial charge on any atom is 0.343 e. The molecule has 1 saturated carbocycles. The van der Waals surface area contributed by atoms with E-state index < -0.39 is 11.6 Å². The topological polar surface area (TPSA) is 55.8 Å². The van der Waals surface area contributed by atoms with E-state index in [2.05, 4.69) is 0 Å². The van der Waals surface area contributed by atoms with Gasteiger partial charge in [0.05, 0.1) is 0 Å². The number of aryl methyl sites for hydroxylation is 1. The van der Waals surface area contributed by atoms with E-state index in [0.717, 1.165) is 35.1 Å². The molecule has 4 rings (SSSR count). The third-order valence-electron chi connectivity index (χ3n) is 6.16. The first-order chi connectivity index (χ1) is 13.9. The summed E-state index contributed by atoms with van der Waals surface area (Å²) in [5.74, 6) is 0.0786. The molecule has 1 aliphatic heterocycles. The van der Waals surface area contributed by atoms with E-state index in [9.17, 15) is 9.90 Å². The molecule has 2 aromatic rings. The molecule has 0 unspecified atom stereocenters. The standard InChI is InChI=1S/C24H25ClO4/c1-15-3-4-18(17-5-7-19(25)8-6-17)13-20(15)21-22(26)24(29-23(21)27)11-9-16(10-12-24)14-28-2/h3-8,13,16,26H,9-12,14H2,1-2H3. The van der Waals surface area contributed by atoms with Crippen LogP contribution < -0.4 is 0 Å². The molecule has 1 spiro atoms. The lowest BCUT2D eigenvalue weighted by Gasteiger charge is -2.35. The van der Waals surface area contributed by atoms with Gasteiger partial charge in [0.2, 0.25) is 0 Å². The molecule has 29 heavy (non-hydrogen) atoms. The fourth-order valence-corrected chi connectivity index (χ4v) is 4.56. The zero-order chi connectivity index (χ0) is 20.6. The van der Waals surface area contributed by atoms with E-state index in [0.29, 0.717) is 36.0 Å². The molecular formula is C24H25ClO4. The number of carbonyl (C=O) groups excluding carboxylic acids is 1. The van der Waals surface area contributed by atoms with Crippen LogP contribution in [-0.4, -0.2) is 30.4 Å². The number of benzene rings is 2. The minimum atomic E-state index is -0.890. The Morgan fingerprint density at radius 1 is 1.14 bits per heavy atom. The van der Waals surface area contributed by atoms with Crippen molar-refractivity contribution >= 4 is 23.1 Å². The highest BCUT2D eigenvalue weighted by atomic mass is 35.5. The summed E-state index contributed by atoms with van der Waals surface area (Å²) in [6.45, 7) is 2.64. The second-order valence-electron chi connectivity index (χ2n) is 8.04. The van der Waals surface area contributed by atoms with Crippen LogP contribution in [0, 0.1) is 12.8 Å². The fraction of sp³-hybridized carbons (Fsp3) is 0.375. The minimum absolute atomic E-state index is 0.0784. The molecule has 0 atom stereocenters. The van der Waals surface area contributed by atoms with Gasteiger partial charge in [-0.05, 0) is 79.0 Å². The highest BCUT2D eigenvalue weighted by molar-refractivity contribution is 6.30. The quantitative estimate of drug-likeness (QED) is 0.653. The number of ether oxygens (including phenoxy) is 2. The average Bonchev–Trinajstić information content (AvgIpc) is 2.95. The van der Waals surface area contributed by atoms with E-state index in [1.165, 1.54) is 0 Å². The molecule has 4 nitrogen and oxygen atoms in total. The van der Waals surface area contributed by atoms with Gasteiger partial charge in [0.15, 0.2) is 11.4 Å². The normalized spacial score (nSPS) is 24.2. The first-order valence-electron chi connectivity index (χ1n) is 9.96. The van der Waals surface area contributed by atoms with E-state index >= 15 is 0 Å². The number of hydrogen-bond donors (Lipinski definition) is 1. The predicted octanol–water partition coefficient (Wildman–Crippen LogP) is 5.72. The number of aliphatic hydroxyl groups is 1. The number of carbonyl (C=O) groups is 1. The number of rotatable bonds is 4. The summed E-state index contributed by atoms with van der Waals surface area (Å²) >= 11 is 6.00. The molecule has 1 aliphatic carbocycles. The first-order valence-corrected chi connectivity index (χ1v) is 10.3. The third kappa shape index (κ3) is 3.67. The Morgan fingerprint density at radius 3 is 2.45 bits per heavy atom. The van der Waals surface area contributed by atoms with Crippen LogP contribution in [0.15, 0.2) is 48.2 Å². The summed E-state index contributed by atoms with van der Waals surface area (Å²) in [5.41, 5.74) is 3.00. The number of hydrogen-bond acceptors (Lipinski definition) is 4. The van der Waals surface area contributed by atoms with Gasteiger partial charge in [-0.25, -0.2) is 4.79 Å². The Labute approximate surface area is 176 Å². The van der Waals surface area contributed by atoms with Crippen molar-refractivity contribution < 1.29 is 19.4 Å². The zero-order valence-corrected chi connectivity index (χ0v) is 17.5. The van der Waals surface area contributed by atoms with Gasteiger partial charge in [-0.1, -0.05) is 35.9 Å². The second-order valence-corrected chi connectivity index (χ2v) is 8.48. The molecule has 2 aromatic carbocycles. The van der Waals surface area contributed by atoms with E-state index in [1.54, 1.807) is 7.11 Å². The van der Waals surface area contributed by atoms with Crippen molar-refractivity contribution in [3.63, 3.8) is 0 Å². The van der Waals surface area contributed by atoms with Crippen LogP contribution >= 0.6 is 11.6 Å². The van der Waals surface area contributed by atoms with Crippen LogP contribution in [0.2, 0.25) is 5.02 Å². The van der Waals surface area contributed by atoms with Crippen molar-refractivity contribution in [3.05, 3.63) is 64.4 Å². The Balaban J connectivity index is 1.70. The minimum Gasteiger partial charge on any atom is -0.507 e. The van der Waals surface area contributed by atoms with Gasteiger partial charge in [0, 0.05) is 18.7 Å². The van der Waals surface area contributed by atoms with Crippen LogP contribution in [0.3, 0.4) is 0 Å². The molecule has 5 heteroatoms. The molecule has 152 valence electrons. The lowest BCUT2D eigenvalue weighted by molar-refractivity contribution is -0.150. The summed E-state index contributed by atoms with van der Waals surface area (Å²) in [7, 11) is 1.70. The predicted molar refractivity (Wildman–Crippen MR) is 114 cm³/mol. The van der Waals surface area contributed by atoms with Crippen molar-refractivity contribution in [2.45, 2.75) is 38.2 Å². The van der Waals surface area contributed by atoms with Gasteiger partial charge < -0.3 is 14.6 Å². The summed E-state index contributed by atoms with van der Waals surface area (Å²) < 4.78 is 11.0. The highest BCUT2D eigenvalue weighted by Gasteiger charge is 2.50. The van der Waals surface area contributed by atoms with Crippen molar-refractivity contribution in [1.82, 2.24) is 0 Å². The molecular weight excluding hydrogens is 388 g/mol. The van der Waals surface area contributed by atoms with Gasteiger partial charge in [0.25, 0.3) is 0 Å². The fourth-order valence-electron chi connectivity index (χ4n) is 4.44. The van der Waals surface area contributed by atoms with E-state index in [4.69, 9.17) is 21.1 Å². The Kier molecular flexibility index (Phi) is 5.41. The summed E-state index contributed by atoms with van der Waals surface area (Å²) in [4.78, 5) is 12.8. The molecule has 0 amide bonds. The highest BCUT2D eigenvalue weighted by Crippen LogP contribution is 2.47. The smallest absolute Gasteiger partial charge is 0.343 e. The third-order valence-corrected chi connectivity index (χ3v) is 6.41. The number of esters is 1. The molecule has 0 saturated heterocycles. The summed E-state index contributed by atoms with van der Waals surface area (Å²) in [5, 5.41) is 11.8. The number of methoxy groups -OCH3 is 1.